The van der Waals surface area contributed by atoms with Gasteiger partial charge in [0, 0.05) is 77.3 Å². The number of likely N-dealkylation sites (tertiary alicyclic amines) is 1. The van der Waals surface area contributed by atoms with Gasteiger partial charge in [-0.05, 0) is 97.5 Å². The van der Waals surface area contributed by atoms with Crippen molar-refractivity contribution in [1.29, 1.82) is 0 Å². The fraction of sp³-hybridized carbons (Fsp3) is 0.524. The van der Waals surface area contributed by atoms with Crippen molar-refractivity contribution in [2.24, 2.45) is 11.3 Å². The maximum Gasteiger partial charge on any atom is 0.227 e. The minimum atomic E-state index is -0.764. The quantitative estimate of drug-likeness (QED) is 0.0514. The lowest BCUT2D eigenvalue weighted by Gasteiger charge is -2.35. The molecule has 0 radical (unpaired) electrons. The summed E-state index contributed by atoms with van der Waals surface area (Å²) in [5, 5.41) is 15.7. The monoisotopic (exact) mass is 1090 g/mol. The molecule has 0 unspecified atom stereocenters. The van der Waals surface area contributed by atoms with Gasteiger partial charge in [-0.15, -0.1) is 16.4 Å². The van der Waals surface area contributed by atoms with Gasteiger partial charge in [-0.2, -0.15) is 0 Å². The number of Topliss-reactive ketones (excluding diaryl/α,β-unsaturated/α-hetero) is 3. The summed E-state index contributed by atoms with van der Waals surface area (Å²) in [4.78, 5) is 77.7. The summed E-state index contributed by atoms with van der Waals surface area (Å²) >= 11 is 1.61. The van der Waals surface area contributed by atoms with E-state index in [1.54, 1.807) is 28.4 Å². The fourth-order valence-corrected chi connectivity index (χ4v) is 12.7. The molecule has 9 rings (SSSR count). The number of rotatable bonds is 26. The molecule has 4 aromatic heterocycles. The van der Waals surface area contributed by atoms with Gasteiger partial charge in [0.25, 0.3) is 0 Å². The van der Waals surface area contributed by atoms with Gasteiger partial charge in [0.15, 0.2) is 11.4 Å². The van der Waals surface area contributed by atoms with Gasteiger partial charge in [0.05, 0.1) is 52.7 Å². The summed E-state index contributed by atoms with van der Waals surface area (Å²) in [6.45, 7) is 12.5. The van der Waals surface area contributed by atoms with E-state index in [2.05, 4.69) is 36.8 Å². The number of halogens is 1. The lowest BCUT2D eigenvalue weighted by Crippen LogP contribution is -2.48. The maximum atomic E-state index is 14.2. The summed E-state index contributed by atoms with van der Waals surface area (Å²) < 4.78 is 16.0. The van der Waals surface area contributed by atoms with Crippen LogP contribution in [0.5, 0.6) is 0 Å². The number of unbranched alkanes of at least 4 members (excludes halogenated alkanes) is 8. The van der Waals surface area contributed by atoms with Crippen LogP contribution in [-0.2, 0) is 25.6 Å². The van der Waals surface area contributed by atoms with Crippen molar-refractivity contribution in [3.8, 4) is 21.8 Å². The van der Waals surface area contributed by atoms with Gasteiger partial charge >= 0.3 is 0 Å². The number of ketones is 3. The fourth-order valence-electron chi connectivity index (χ4n) is 11.9. The topological polar surface area (TPSA) is 157 Å². The number of β-amino-alcohol motifs (C(OH)–C–C–N with tert-alkyl or cyclic N) is 1. The average molecular weight is 1090 g/mol. The second-order valence-electron chi connectivity index (χ2n) is 23.4. The highest BCUT2D eigenvalue weighted by atomic mass is 32.1. The van der Waals surface area contributed by atoms with Crippen LogP contribution in [0.15, 0.2) is 90.6 Å². The lowest BCUT2D eigenvalue weighted by molar-refractivity contribution is -0.145. The Kier molecular flexibility index (Phi) is 19.5. The largest absolute Gasteiger partial charge is 0.391 e. The third kappa shape index (κ3) is 15.0. The number of pyridine rings is 1. The van der Waals surface area contributed by atoms with E-state index in [1.807, 2.05) is 92.4 Å². The number of carbonyl (C=O) groups excluding carboxylic acids is 4. The number of piperazine rings is 1. The molecule has 3 aliphatic heterocycles. The number of aliphatic hydroxyl groups excluding tert-OH is 1. The van der Waals surface area contributed by atoms with Crippen molar-refractivity contribution in [3.05, 3.63) is 113 Å². The van der Waals surface area contributed by atoms with Crippen molar-refractivity contribution in [3.63, 3.8) is 0 Å². The van der Waals surface area contributed by atoms with Crippen LogP contribution in [0.4, 0.5) is 16.0 Å². The number of hydrogen-bond acceptors (Lipinski definition) is 13. The molecule has 16 heteroatoms. The molecule has 0 saturated carbocycles. The first kappa shape index (κ1) is 57.5. The highest BCUT2D eigenvalue weighted by molar-refractivity contribution is 7.13. The van der Waals surface area contributed by atoms with E-state index >= 15 is 0 Å². The van der Waals surface area contributed by atoms with Crippen molar-refractivity contribution in [1.82, 2.24) is 34.4 Å². The summed E-state index contributed by atoms with van der Waals surface area (Å²) in [7, 11) is 0. The van der Waals surface area contributed by atoms with Gasteiger partial charge in [-0.25, -0.2) is 23.9 Å². The Hall–Kier alpha value is -6.23. The Morgan fingerprint density at radius 2 is 1.49 bits per heavy atom. The number of nitrogens with zero attached hydrogens (tertiary/aromatic N) is 9. The van der Waals surface area contributed by atoms with Gasteiger partial charge in [0.2, 0.25) is 5.91 Å². The molecule has 6 aromatic rings. The van der Waals surface area contributed by atoms with Crippen LogP contribution in [0, 0.1) is 24.1 Å². The number of aliphatic hydroxyl groups is 1. The number of amides is 1. The molecular weight excluding hydrogens is 1010 g/mol. The zero-order valence-electron chi connectivity index (χ0n) is 46.8. The minimum Gasteiger partial charge on any atom is -0.391 e. The summed E-state index contributed by atoms with van der Waals surface area (Å²) in [5.74, 6) is 1.05. The third-order valence-electron chi connectivity index (χ3n) is 16.5. The number of carbonyl (C=O) groups is 4. The van der Waals surface area contributed by atoms with Crippen molar-refractivity contribution in [2.75, 3.05) is 55.6 Å². The number of fused-ring (bicyclic) bond motifs is 1. The molecule has 4 atom stereocenters. The highest BCUT2D eigenvalue weighted by Crippen LogP contribution is 2.37. The molecule has 3 fully saturated rings. The summed E-state index contributed by atoms with van der Waals surface area (Å²) in [6.07, 6.45) is 14.6. The number of anilines is 2. The molecule has 79 heavy (non-hydrogen) atoms. The summed E-state index contributed by atoms with van der Waals surface area (Å²) in [6, 6.07) is 24.5. The second-order valence-corrected chi connectivity index (χ2v) is 24.2. The standard InChI is InChI=1S/C63H80FN9O5S/c1-44-61(79-43-66-44)46-27-24-45(25-28-46)26-29-57(77)55-39-51(76)42-72(55)62(78)52(63(2,3)4)38-49(74)19-12-10-8-6-5-7-9-11-13-20-50(75)41-69-33-35-70(36-34-69)59-23-15-21-53(67-59)56-40-65-58-30-31-60(68-73(56)58)71-32-16-22-54(71)47-17-14-18-48(64)37-47/h14-15,17-18,21,23-25,27-28,30-31,37,40,43,51-52,54-55,76H,5-13,16,19-20,22,26,29,32-36,38-39,41-42H2,1-4H3/t51-,52-,54-,55+/m1/s1. The van der Waals surface area contributed by atoms with Gasteiger partial charge < -0.3 is 19.8 Å². The van der Waals surface area contributed by atoms with E-state index in [0.717, 1.165) is 159 Å². The van der Waals surface area contributed by atoms with Crippen molar-refractivity contribution >= 4 is 51.9 Å². The van der Waals surface area contributed by atoms with E-state index in [0.29, 0.717) is 31.6 Å². The van der Waals surface area contributed by atoms with E-state index in [1.165, 1.54) is 6.07 Å². The first-order valence-electron chi connectivity index (χ1n) is 29.0. The molecule has 1 amide bonds. The Morgan fingerprint density at radius 3 is 2.19 bits per heavy atom. The van der Waals surface area contributed by atoms with Crippen molar-refractivity contribution < 1.29 is 28.7 Å². The Bertz CT molecular complexity index is 3020. The number of aryl methyl sites for hydroxylation is 2. The Morgan fingerprint density at radius 1 is 0.785 bits per heavy atom. The first-order chi connectivity index (χ1) is 38.2. The lowest BCUT2D eigenvalue weighted by atomic mass is 9.76. The molecule has 3 aliphatic rings. The van der Waals surface area contributed by atoms with Crippen LogP contribution in [-0.4, -0.2) is 121 Å². The van der Waals surface area contributed by atoms with E-state index in [9.17, 15) is 28.7 Å². The van der Waals surface area contributed by atoms with E-state index < -0.39 is 23.5 Å². The van der Waals surface area contributed by atoms with Crippen LogP contribution in [0.25, 0.3) is 27.5 Å². The molecule has 0 aliphatic carbocycles. The number of benzene rings is 2. The molecule has 2 aromatic carbocycles. The smallest absolute Gasteiger partial charge is 0.227 e. The molecule has 7 heterocycles. The number of thiazole rings is 1. The van der Waals surface area contributed by atoms with Gasteiger partial charge in [-0.3, -0.25) is 24.1 Å². The highest BCUT2D eigenvalue weighted by Gasteiger charge is 2.44. The second kappa shape index (κ2) is 26.8. The van der Waals surface area contributed by atoms with Gasteiger partial charge in [0.1, 0.15) is 34.7 Å². The van der Waals surface area contributed by atoms with E-state index in [-0.39, 0.29) is 55.1 Å². The Balaban J connectivity index is 0.625. The maximum absolute atomic E-state index is 14.2. The van der Waals surface area contributed by atoms with Crippen LogP contribution in [0.3, 0.4) is 0 Å². The minimum absolute atomic E-state index is 0.0513. The zero-order chi connectivity index (χ0) is 55.5. The number of aromatic nitrogens is 5. The predicted octanol–water partition coefficient (Wildman–Crippen LogP) is 11.5. The Labute approximate surface area is 469 Å². The van der Waals surface area contributed by atoms with Gasteiger partial charge in [-0.1, -0.05) is 108 Å². The molecule has 14 nitrogen and oxygen atoms in total. The number of hydrogen-bond donors (Lipinski definition) is 1. The zero-order valence-corrected chi connectivity index (χ0v) is 47.6. The molecule has 0 spiro atoms. The van der Waals surface area contributed by atoms with Crippen LogP contribution in [0.1, 0.15) is 146 Å². The molecular formula is C63H80FN9O5S. The van der Waals surface area contributed by atoms with Crippen LogP contribution in [0.2, 0.25) is 0 Å². The average Bonchev–Trinajstić information content (AvgIpc) is 4.41. The van der Waals surface area contributed by atoms with Crippen molar-refractivity contribution in [2.45, 2.75) is 155 Å². The first-order valence-corrected chi connectivity index (χ1v) is 29.9. The summed E-state index contributed by atoms with van der Waals surface area (Å²) in [5.41, 5.74) is 7.79. The predicted molar refractivity (Wildman–Crippen MR) is 311 cm³/mol. The number of imidazole rings is 1. The molecule has 420 valence electrons. The molecule has 0 bridgehead atoms. The SMILES string of the molecule is Cc1ncsc1-c1ccc(CCC(=O)[C@@H]2C[C@@H](O)CN2C(=O)[C@@H](CC(=O)CCCCCCCCCCCC(=O)CN2CCN(c3cccc(-c4cnc5ccc(N6CCC[C@@H]6c6cccc(F)c6)nn45)n3)CC2)C(C)(C)C)cc1. The van der Waals surface area contributed by atoms with Crippen LogP contribution >= 0.6 is 11.3 Å². The molecule has 1 N–H and O–H groups in total. The normalized spacial score (nSPS) is 18.5. The third-order valence-corrected chi connectivity index (χ3v) is 17.4. The van der Waals surface area contributed by atoms with E-state index in [4.69, 9.17) is 10.1 Å². The van der Waals surface area contributed by atoms with Crippen LogP contribution < -0.4 is 9.80 Å². The molecule has 3 saturated heterocycles.